The van der Waals surface area contributed by atoms with Crippen LogP contribution in [-0.2, 0) is 22.4 Å². The molecule has 1 fully saturated rings. The van der Waals surface area contributed by atoms with E-state index in [1.807, 2.05) is 28.0 Å². The normalized spacial score (nSPS) is 15.2. The van der Waals surface area contributed by atoms with Gasteiger partial charge in [-0.05, 0) is 30.5 Å². The van der Waals surface area contributed by atoms with E-state index in [1.54, 1.807) is 0 Å². The van der Waals surface area contributed by atoms with E-state index in [1.165, 1.54) is 0 Å². The summed E-state index contributed by atoms with van der Waals surface area (Å²) in [4.78, 5) is 36.6. The van der Waals surface area contributed by atoms with Crippen LogP contribution in [0.4, 0.5) is 0 Å². The first kappa shape index (κ1) is 19.4. The fourth-order valence-electron chi connectivity index (χ4n) is 3.58. The van der Waals surface area contributed by atoms with Gasteiger partial charge in [-0.3, -0.25) is 9.59 Å². The summed E-state index contributed by atoms with van der Waals surface area (Å²) in [5, 5.41) is 0. The highest BCUT2D eigenvalue weighted by molar-refractivity contribution is 5.82. The zero-order valence-electron chi connectivity index (χ0n) is 16.5. The van der Waals surface area contributed by atoms with Crippen LogP contribution in [-0.4, -0.2) is 57.8 Å². The van der Waals surface area contributed by atoms with E-state index < -0.39 is 0 Å². The number of aromatic amines is 1. The second-order valence-corrected chi connectivity index (χ2v) is 7.28. The summed E-state index contributed by atoms with van der Waals surface area (Å²) in [6, 6.07) is 5.99. The highest BCUT2D eigenvalue weighted by Gasteiger charge is 2.21. The fourth-order valence-corrected chi connectivity index (χ4v) is 3.58. The highest BCUT2D eigenvalue weighted by Crippen LogP contribution is 2.16. The number of fused-ring (bicyclic) bond motifs is 1. The second kappa shape index (κ2) is 9.02. The minimum absolute atomic E-state index is 0.132. The number of carbonyl (C=O) groups excluding carboxylic acids is 2. The Kier molecular flexibility index (Phi) is 6.48. The molecule has 0 spiro atoms. The first-order valence-corrected chi connectivity index (χ1v) is 10.1. The number of rotatable bonds is 6. The molecule has 0 bridgehead atoms. The number of nitrogens with one attached hydrogen (secondary N) is 1. The number of nitrogens with zero attached hydrogens (tertiary/aromatic N) is 3. The average molecular weight is 370 g/mol. The lowest BCUT2D eigenvalue weighted by molar-refractivity contribution is -0.133. The van der Waals surface area contributed by atoms with E-state index in [-0.39, 0.29) is 11.8 Å². The summed E-state index contributed by atoms with van der Waals surface area (Å²) >= 11 is 0. The van der Waals surface area contributed by atoms with Gasteiger partial charge in [0.25, 0.3) is 0 Å². The lowest BCUT2D eigenvalue weighted by atomic mass is 10.1. The van der Waals surface area contributed by atoms with Crippen LogP contribution in [0.3, 0.4) is 0 Å². The fraction of sp³-hybridized carbons (Fsp3) is 0.571. The van der Waals surface area contributed by atoms with E-state index in [0.29, 0.717) is 25.9 Å². The van der Waals surface area contributed by atoms with E-state index in [9.17, 15) is 9.59 Å². The van der Waals surface area contributed by atoms with Crippen molar-refractivity contribution in [3.05, 3.63) is 29.6 Å². The number of H-pyrrole nitrogens is 1. The number of unbranched alkanes of at least 4 members (excludes halogenated alkanes) is 1. The molecular weight excluding hydrogens is 340 g/mol. The maximum absolute atomic E-state index is 12.8. The molecule has 1 aliphatic heterocycles. The lowest BCUT2D eigenvalue weighted by Crippen LogP contribution is -2.37. The number of carbonyl (C=O) groups is 2. The summed E-state index contributed by atoms with van der Waals surface area (Å²) < 4.78 is 0. The predicted octanol–water partition coefficient (Wildman–Crippen LogP) is 2.92. The number of benzene rings is 1. The molecule has 146 valence electrons. The van der Waals surface area contributed by atoms with Gasteiger partial charge in [-0.2, -0.15) is 0 Å². The van der Waals surface area contributed by atoms with Crippen LogP contribution in [0, 0.1) is 0 Å². The molecule has 6 heteroatoms. The summed E-state index contributed by atoms with van der Waals surface area (Å²) in [7, 11) is 0. The van der Waals surface area contributed by atoms with Gasteiger partial charge in [0.05, 0.1) is 17.5 Å². The monoisotopic (exact) mass is 370 g/mol. The van der Waals surface area contributed by atoms with Crippen molar-refractivity contribution in [2.45, 2.75) is 52.4 Å². The molecule has 0 atom stereocenters. The molecule has 1 saturated heterocycles. The Morgan fingerprint density at radius 2 is 1.81 bits per heavy atom. The maximum Gasteiger partial charge on any atom is 0.227 e. The Morgan fingerprint density at radius 1 is 1.07 bits per heavy atom. The number of hydrogen-bond donors (Lipinski definition) is 1. The van der Waals surface area contributed by atoms with Gasteiger partial charge in [0.15, 0.2) is 0 Å². The Bertz CT molecular complexity index is 799. The van der Waals surface area contributed by atoms with Crippen molar-refractivity contribution in [2.24, 2.45) is 0 Å². The number of aromatic nitrogens is 2. The van der Waals surface area contributed by atoms with Crippen LogP contribution in [0.2, 0.25) is 0 Å². The van der Waals surface area contributed by atoms with Gasteiger partial charge in [-0.1, -0.05) is 26.3 Å². The van der Waals surface area contributed by atoms with Crippen molar-refractivity contribution in [1.29, 1.82) is 0 Å². The molecule has 1 aliphatic rings. The number of hydrogen-bond acceptors (Lipinski definition) is 3. The van der Waals surface area contributed by atoms with Gasteiger partial charge < -0.3 is 14.8 Å². The Balaban J connectivity index is 1.58. The van der Waals surface area contributed by atoms with Gasteiger partial charge >= 0.3 is 0 Å². The van der Waals surface area contributed by atoms with Gasteiger partial charge in [-0.15, -0.1) is 0 Å². The molecule has 0 unspecified atom stereocenters. The molecule has 3 rings (SSSR count). The highest BCUT2D eigenvalue weighted by atomic mass is 16.2. The third-order valence-corrected chi connectivity index (χ3v) is 5.23. The van der Waals surface area contributed by atoms with Gasteiger partial charge in [-0.25, -0.2) is 4.98 Å². The zero-order chi connectivity index (χ0) is 19.2. The van der Waals surface area contributed by atoms with Crippen LogP contribution in [0.15, 0.2) is 18.2 Å². The topological polar surface area (TPSA) is 69.3 Å². The van der Waals surface area contributed by atoms with Gasteiger partial charge in [0, 0.05) is 39.0 Å². The van der Waals surface area contributed by atoms with Gasteiger partial charge in [0.1, 0.15) is 5.82 Å². The van der Waals surface area contributed by atoms with E-state index in [4.69, 9.17) is 0 Å². The first-order valence-electron chi connectivity index (χ1n) is 10.1. The van der Waals surface area contributed by atoms with Crippen LogP contribution in [0.25, 0.3) is 11.0 Å². The van der Waals surface area contributed by atoms with Crippen LogP contribution in [0.5, 0.6) is 0 Å². The molecule has 1 N–H and O–H groups in total. The molecule has 6 nitrogen and oxygen atoms in total. The maximum atomic E-state index is 12.8. The van der Waals surface area contributed by atoms with Crippen molar-refractivity contribution in [3.8, 4) is 0 Å². The molecule has 1 aromatic heterocycles. The van der Waals surface area contributed by atoms with E-state index in [0.717, 1.165) is 61.2 Å². The number of imidazole rings is 1. The van der Waals surface area contributed by atoms with Crippen molar-refractivity contribution in [2.75, 3.05) is 26.2 Å². The minimum Gasteiger partial charge on any atom is -0.342 e. The molecule has 2 amide bonds. The summed E-state index contributed by atoms with van der Waals surface area (Å²) in [6.07, 6.45) is 4.69. The Hall–Kier alpha value is -2.37. The second-order valence-electron chi connectivity index (χ2n) is 7.28. The predicted molar refractivity (Wildman–Crippen MR) is 106 cm³/mol. The van der Waals surface area contributed by atoms with E-state index in [2.05, 4.69) is 23.8 Å². The Labute approximate surface area is 160 Å². The molecule has 2 heterocycles. The van der Waals surface area contributed by atoms with Crippen LogP contribution in [0.1, 0.15) is 50.9 Å². The minimum atomic E-state index is 0.132. The van der Waals surface area contributed by atoms with Crippen molar-refractivity contribution < 1.29 is 9.59 Å². The molecule has 2 aromatic rings. The van der Waals surface area contributed by atoms with Crippen molar-refractivity contribution in [3.63, 3.8) is 0 Å². The van der Waals surface area contributed by atoms with Crippen molar-refractivity contribution >= 4 is 22.8 Å². The zero-order valence-corrected chi connectivity index (χ0v) is 16.5. The molecule has 0 saturated carbocycles. The van der Waals surface area contributed by atoms with E-state index >= 15 is 0 Å². The largest absolute Gasteiger partial charge is 0.342 e. The number of aryl methyl sites for hydroxylation is 1. The average Bonchev–Trinajstić information content (AvgIpc) is 2.92. The molecule has 0 radical (unpaired) electrons. The molecule has 27 heavy (non-hydrogen) atoms. The first-order chi connectivity index (χ1) is 13.1. The quantitative estimate of drug-likeness (QED) is 0.850. The molecular formula is C21H30N4O2. The Morgan fingerprint density at radius 3 is 2.52 bits per heavy atom. The summed E-state index contributed by atoms with van der Waals surface area (Å²) in [6.45, 7) is 6.92. The summed E-state index contributed by atoms with van der Waals surface area (Å²) in [5.74, 6) is 1.32. The summed E-state index contributed by atoms with van der Waals surface area (Å²) in [5.41, 5.74) is 2.93. The van der Waals surface area contributed by atoms with Crippen molar-refractivity contribution in [1.82, 2.24) is 19.8 Å². The lowest BCUT2D eigenvalue weighted by Gasteiger charge is -2.22. The van der Waals surface area contributed by atoms with Crippen LogP contribution < -0.4 is 0 Å². The third-order valence-electron chi connectivity index (χ3n) is 5.23. The number of amides is 2. The van der Waals surface area contributed by atoms with Gasteiger partial charge in [0.2, 0.25) is 11.8 Å². The smallest absolute Gasteiger partial charge is 0.227 e. The SMILES string of the molecule is CCCCC(=O)N1CCCN(C(=O)Cc2ccc3nc(CC)[nH]c3c2)CC1. The molecule has 0 aliphatic carbocycles. The standard InChI is InChI=1S/C21H30N4O2/c1-3-5-7-20(26)24-10-6-11-25(13-12-24)21(27)15-16-8-9-17-18(14-16)23-19(4-2)22-17/h8-9,14H,3-7,10-13,15H2,1-2H3,(H,22,23). The van der Waals surface area contributed by atoms with Crippen LogP contribution >= 0.6 is 0 Å². The third kappa shape index (κ3) is 4.87. The molecule has 1 aromatic carbocycles.